The average molecular weight is 445 g/mol. The van der Waals surface area contributed by atoms with Crippen LogP contribution >= 0.6 is 11.6 Å². The predicted octanol–water partition coefficient (Wildman–Crippen LogP) is 4.04. The highest BCUT2D eigenvalue weighted by Crippen LogP contribution is 2.27. The third-order valence-corrected chi connectivity index (χ3v) is 6.77. The first-order valence-electron chi connectivity index (χ1n) is 9.08. The molecule has 3 aromatic rings. The van der Waals surface area contributed by atoms with Crippen LogP contribution in [0.15, 0.2) is 83.8 Å². The van der Waals surface area contributed by atoms with E-state index in [4.69, 9.17) is 16.4 Å². The average Bonchev–Trinajstić information content (AvgIpc) is 2.78. The first-order chi connectivity index (χ1) is 14.3. The summed E-state index contributed by atoms with van der Waals surface area (Å²) in [5.41, 5.74) is 1.97. The number of hydrogen-bond acceptors (Lipinski definition) is 4. The van der Waals surface area contributed by atoms with Crippen molar-refractivity contribution in [2.24, 2.45) is 0 Å². The molecule has 0 fully saturated rings. The fourth-order valence-corrected chi connectivity index (χ4v) is 4.42. The molecular weight excluding hydrogens is 424 g/mol. The number of hydrogen-bond donors (Lipinski definition) is 1. The number of rotatable bonds is 7. The fraction of sp³-hybridized carbons (Fsp3) is 0.136. The van der Waals surface area contributed by atoms with E-state index in [1.807, 2.05) is 60.7 Å². The lowest BCUT2D eigenvalue weighted by Gasteiger charge is -2.20. The molecule has 0 bridgehead atoms. The van der Waals surface area contributed by atoms with Crippen LogP contribution in [-0.4, -0.2) is 33.0 Å². The minimum Gasteiger partial charge on any atom is -0.341 e. The minimum atomic E-state index is -4.01. The van der Waals surface area contributed by atoms with Gasteiger partial charge in [0.05, 0.1) is 18.2 Å². The lowest BCUT2D eigenvalue weighted by molar-refractivity contribution is -0.0258. The lowest BCUT2D eigenvalue weighted by Crippen LogP contribution is -2.30. The van der Waals surface area contributed by atoms with Gasteiger partial charge in [0.2, 0.25) is 0 Å². The minimum absolute atomic E-state index is 0.00174. The largest absolute Gasteiger partial charge is 0.341 e. The van der Waals surface area contributed by atoms with Crippen LogP contribution < -0.4 is 5.32 Å². The maximum Gasteiger partial charge on any atom is 0.266 e. The van der Waals surface area contributed by atoms with Gasteiger partial charge in [0, 0.05) is 12.6 Å². The van der Waals surface area contributed by atoms with Crippen molar-refractivity contribution in [3.05, 3.63) is 101 Å². The lowest BCUT2D eigenvalue weighted by atomic mass is 9.98. The first-order valence-corrected chi connectivity index (χ1v) is 10.9. The topological polar surface area (TPSA) is 75.7 Å². The second-order valence-corrected chi connectivity index (χ2v) is 8.78. The van der Waals surface area contributed by atoms with E-state index in [0.717, 1.165) is 11.1 Å². The molecular formula is C22H21ClN2O4S. The van der Waals surface area contributed by atoms with E-state index < -0.39 is 22.0 Å². The highest BCUT2D eigenvalue weighted by Gasteiger charge is 2.26. The molecule has 1 N–H and O–H groups in total. The Kier molecular flexibility index (Phi) is 6.89. The Morgan fingerprint density at radius 1 is 0.967 bits per heavy atom. The van der Waals surface area contributed by atoms with Gasteiger partial charge in [-0.3, -0.25) is 9.63 Å². The zero-order chi connectivity index (χ0) is 21.7. The zero-order valence-corrected chi connectivity index (χ0v) is 18.0. The van der Waals surface area contributed by atoms with Crippen molar-refractivity contribution in [1.82, 2.24) is 9.79 Å². The number of amides is 1. The monoisotopic (exact) mass is 444 g/mol. The summed E-state index contributed by atoms with van der Waals surface area (Å²) in [6, 6.07) is 22.8. The van der Waals surface area contributed by atoms with Crippen LogP contribution in [0, 0.1) is 0 Å². The smallest absolute Gasteiger partial charge is 0.266 e. The zero-order valence-electron chi connectivity index (χ0n) is 16.4. The van der Waals surface area contributed by atoms with Gasteiger partial charge in [0.15, 0.2) is 0 Å². The molecule has 0 heterocycles. The maximum atomic E-state index is 13.0. The summed E-state index contributed by atoms with van der Waals surface area (Å²) in [5.74, 6) is -0.430. The number of nitrogens with zero attached hydrogens (tertiary/aromatic N) is 1. The molecule has 0 saturated heterocycles. The van der Waals surface area contributed by atoms with Crippen molar-refractivity contribution in [2.75, 3.05) is 14.2 Å². The van der Waals surface area contributed by atoms with E-state index in [1.54, 1.807) is 0 Å². The molecule has 0 unspecified atom stereocenters. The number of nitrogens with one attached hydrogen (secondary N) is 1. The van der Waals surface area contributed by atoms with Gasteiger partial charge < -0.3 is 5.32 Å². The molecule has 6 nitrogen and oxygen atoms in total. The molecule has 8 heteroatoms. The van der Waals surface area contributed by atoms with Crippen molar-refractivity contribution in [2.45, 2.75) is 10.9 Å². The highest BCUT2D eigenvalue weighted by molar-refractivity contribution is 7.89. The van der Waals surface area contributed by atoms with Crippen LogP contribution in [0.4, 0.5) is 0 Å². The summed E-state index contributed by atoms with van der Waals surface area (Å²) >= 11 is 6.09. The van der Waals surface area contributed by atoms with Gasteiger partial charge in [-0.1, -0.05) is 76.7 Å². The Hall–Kier alpha value is -2.71. The molecule has 30 heavy (non-hydrogen) atoms. The van der Waals surface area contributed by atoms with Gasteiger partial charge in [0.25, 0.3) is 15.9 Å². The molecule has 0 radical (unpaired) electrons. The molecule has 0 aliphatic heterocycles. The molecule has 3 aromatic carbocycles. The van der Waals surface area contributed by atoms with Gasteiger partial charge in [0.1, 0.15) is 4.90 Å². The number of sulfonamides is 1. The highest BCUT2D eigenvalue weighted by atomic mass is 35.5. The molecule has 0 atom stereocenters. The Morgan fingerprint density at radius 3 is 2.00 bits per heavy atom. The molecule has 0 aromatic heterocycles. The fourth-order valence-electron chi connectivity index (χ4n) is 2.94. The molecule has 0 saturated carbocycles. The van der Waals surface area contributed by atoms with Crippen molar-refractivity contribution in [1.29, 1.82) is 0 Å². The van der Waals surface area contributed by atoms with E-state index in [0.29, 0.717) is 4.47 Å². The summed E-state index contributed by atoms with van der Waals surface area (Å²) < 4.78 is 25.9. The number of benzene rings is 3. The molecule has 0 aliphatic rings. The maximum absolute atomic E-state index is 13.0. The van der Waals surface area contributed by atoms with Crippen LogP contribution in [0.2, 0.25) is 5.02 Å². The predicted molar refractivity (Wildman–Crippen MR) is 116 cm³/mol. The van der Waals surface area contributed by atoms with E-state index in [9.17, 15) is 13.2 Å². The summed E-state index contributed by atoms with van der Waals surface area (Å²) in [6.07, 6.45) is 0. The Balaban J connectivity index is 1.97. The standard InChI is InChI=1S/C22H21ClN2O4S/c1-25(29-2)30(27,28)20-15-18(13-14-19(20)23)22(26)24-21(16-9-5-3-6-10-16)17-11-7-4-8-12-17/h3-15,21H,1-2H3,(H,24,26). The normalized spacial score (nSPS) is 11.6. The quantitative estimate of drug-likeness (QED) is 0.558. The Labute approximate surface area is 181 Å². The van der Waals surface area contributed by atoms with Crippen molar-refractivity contribution in [3.8, 4) is 0 Å². The second-order valence-electron chi connectivity index (χ2n) is 6.47. The van der Waals surface area contributed by atoms with Gasteiger partial charge in [-0.2, -0.15) is 0 Å². The van der Waals surface area contributed by atoms with Crippen LogP contribution in [-0.2, 0) is 14.9 Å². The van der Waals surface area contributed by atoms with E-state index >= 15 is 0 Å². The van der Waals surface area contributed by atoms with E-state index in [-0.39, 0.29) is 15.5 Å². The first kappa shape index (κ1) is 22.0. The van der Waals surface area contributed by atoms with E-state index in [1.165, 1.54) is 32.4 Å². The van der Waals surface area contributed by atoms with Crippen LogP contribution in [0.1, 0.15) is 27.5 Å². The Bertz CT molecular complexity index is 1080. The molecule has 1 amide bonds. The van der Waals surface area contributed by atoms with Crippen LogP contribution in [0.25, 0.3) is 0 Å². The van der Waals surface area contributed by atoms with Gasteiger partial charge >= 0.3 is 0 Å². The molecule has 0 aliphatic carbocycles. The summed E-state index contributed by atoms with van der Waals surface area (Å²) in [5, 5.41) is 2.98. The molecule has 0 spiro atoms. The van der Waals surface area contributed by atoms with E-state index in [2.05, 4.69) is 5.32 Å². The number of hydroxylamine groups is 1. The number of carbonyl (C=O) groups excluding carboxylic acids is 1. The van der Waals surface area contributed by atoms with Crippen molar-refractivity contribution < 1.29 is 18.0 Å². The SMILES string of the molecule is CON(C)S(=O)(=O)c1cc(C(=O)NC(c2ccccc2)c2ccccc2)ccc1Cl. The molecule has 3 rings (SSSR count). The summed E-state index contributed by atoms with van der Waals surface area (Å²) in [6.45, 7) is 0. The van der Waals surface area contributed by atoms with Crippen molar-refractivity contribution in [3.63, 3.8) is 0 Å². The second kappa shape index (κ2) is 9.40. The molecule has 156 valence electrons. The third kappa shape index (κ3) is 4.71. The number of halogens is 1. The van der Waals surface area contributed by atoms with Gasteiger partial charge in [-0.15, -0.1) is 0 Å². The van der Waals surface area contributed by atoms with Gasteiger partial charge in [-0.25, -0.2) is 8.42 Å². The Morgan fingerprint density at radius 2 is 1.50 bits per heavy atom. The number of carbonyl (C=O) groups is 1. The summed E-state index contributed by atoms with van der Waals surface area (Å²) in [4.78, 5) is 17.6. The van der Waals surface area contributed by atoms with Crippen LogP contribution in [0.3, 0.4) is 0 Å². The summed E-state index contributed by atoms with van der Waals surface area (Å²) in [7, 11) is -1.53. The van der Waals surface area contributed by atoms with Crippen LogP contribution in [0.5, 0.6) is 0 Å². The van der Waals surface area contributed by atoms with Crippen molar-refractivity contribution >= 4 is 27.5 Å². The third-order valence-electron chi connectivity index (χ3n) is 4.61. The van der Waals surface area contributed by atoms with Gasteiger partial charge in [-0.05, 0) is 29.3 Å².